The third kappa shape index (κ3) is 6.80. The lowest BCUT2D eigenvalue weighted by Gasteiger charge is -2.40. The third-order valence-electron chi connectivity index (χ3n) is 10.1. The van der Waals surface area contributed by atoms with Gasteiger partial charge in [-0.3, -0.25) is 29.4 Å². The third-order valence-corrected chi connectivity index (χ3v) is 10.1. The number of carbonyl (C=O) groups excluding carboxylic acids is 4. The summed E-state index contributed by atoms with van der Waals surface area (Å²) in [6, 6.07) is 0. The number of nitrogens with zero attached hydrogens (tertiary/aromatic N) is 2. The Bertz CT molecular complexity index is 881. The topological polar surface area (TPSA) is 98.8 Å². The zero-order chi connectivity index (χ0) is 27.9. The Morgan fingerprint density at radius 3 is 1.25 bits per heavy atom. The molecule has 0 saturated heterocycles. The van der Waals surface area contributed by atoms with Crippen molar-refractivity contribution in [3.05, 3.63) is 11.9 Å². The van der Waals surface area contributed by atoms with Crippen LogP contribution in [0.5, 0.6) is 0 Å². The molecule has 4 saturated carbocycles. The second-order valence-electron chi connectivity index (χ2n) is 13.0. The van der Waals surface area contributed by atoms with Crippen molar-refractivity contribution in [1.82, 2.24) is 20.4 Å². The van der Waals surface area contributed by atoms with E-state index in [0.717, 1.165) is 128 Å². The van der Waals surface area contributed by atoms with E-state index in [2.05, 4.69) is 10.6 Å². The summed E-state index contributed by atoms with van der Waals surface area (Å²) in [5, 5.41) is 6.59. The predicted octanol–water partition coefficient (Wildman–Crippen LogP) is 5.34. The minimum atomic E-state index is -0.666. The fraction of sp³-hybridized carbons (Fsp3) is 0.812. The van der Waals surface area contributed by atoms with E-state index in [-0.39, 0.29) is 54.0 Å². The van der Waals surface area contributed by atoms with E-state index in [1.54, 1.807) is 6.08 Å². The molecule has 0 aromatic heterocycles. The molecule has 0 aromatic rings. The van der Waals surface area contributed by atoms with E-state index >= 15 is 0 Å². The summed E-state index contributed by atoms with van der Waals surface area (Å²) in [5.41, 5.74) is 0. The highest BCUT2D eigenvalue weighted by Crippen LogP contribution is 2.33. The molecule has 0 radical (unpaired) electrons. The normalized spacial score (nSPS) is 25.9. The van der Waals surface area contributed by atoms with Crippen LogP contribution in [-0.4, -0.2) is 46.3 Å². The first-order valence-corrected chi connectivity index (χ1v) is 16.5. The Balaban J connectivity index is 1.45. The first kappa shape index (κ1) is 29.3. The first-order chi connectivity index (χ1) is 19.5. The molecule has 2 N–H and O–H groups in total. The van der Waals surface area contributed by atoms with E-state index in [1.165, 1.54) is 9.80 Å². The summed E-state index contributed by atoms with van der Waals surface area (Å²) < 4.78 is 0. The van der Waals surface area contributed by atoms with Gasteiger partial charge in [0.2, 0.25) is 23.6 Å². The second kappa shape index (κ2) is 14.1. The summed E-state index contributed by atoms with van der Waals surface area (Å²) in [5.74, 6) is -0.535. The lowest BCUT2D eigenvalue weighted by molar-refractivity contribution is -0.154. The second-order valence-corrected chi connectivity index (χ2v) is 13.0. The van der Waals surface area contributed by atoms with Crippen LogP contribution >= 0.6 is 0 Å². The molecule has 8 heteroatoms. The monoisotopic (exact) mass is 554 g/mol. The summed E-state index contributed by atoms with van der Waals surface area (Å²) in [4.78, 5) is 58.8. The predicted molar refractivity (Wildman–Crippen MR) is 153 cm³/mol. The molecule has 5 aliphatic rings. The molecule has 4 fully saturated rings. The van der Waals surface area contributed by atoms with Gasteiger partial charge in [0.15, 0.2) is 0 Å². The van der Waals surface area contributed by atoms with Gasteiger partial charge < -0.3 is 5.32 Å². The minimum Gasteiger partial charge on any atom is -0.359 e. The van der Waals surface area contributed by atoms with Gasteiger partial charge in [0, 0.05) is 23.7 Å². The molecule has 8 nitrogen and oxygen atoms in total. The lowest BCUT2D eigenvalue weighted by Crippen LogP contribution is -2.60. The number of rotatable bonds is 6. The van der Waals surface area contributed by atoms with Crippen LogP contribution in [0.25, 0.3) is 0 Å². The van der Waals surface area contributed by atoms with Gasteiger partial charge in [0.1, 0.15) is 12.0 Å². The smallest absolute Gasteiger partial charge is 0.238 e. The molecule has 4 amide bonds. The lowest BCUT2D eigenvalue weighted by atomic mass is 9.85. The summed E-state index contributed by atoms with van der Waals surface area (Å²) >= 11 is 0. The Kier molecular flexibility index (Phi) is 10.3. The van der Waals surface area contributed by atoms with E-state index < -0.39 is 6.17 Å². The fourth-order valence-electron chi connectivity index (χ4n) is 7.72. The van der Waals surface area contributed by atoms with Gasteiger partial charge in [-0.15, -0.1) is 0 Å². The average Bonchev–Trinajstić information content (AvgIpc) is 3.03. The largest absolute Gasteiger partial charge is 0.359 e. The molecule has 1 heterocycles. The highest BCUT2D eigenvalue weighted by Gasteiger charge is 2.41. The van der Waals surface area contributed by atoms with E-state index in [1.807, 2.05) is 0 Å². The Morgan fingerprint density at radius 1 is 0.525 bits per heavy atom. The van der Waals surface area contributed by atoms with Crippen LogP contribution in [0, 0.1) is 23.7 Å². The Hall–Kier alpha value is -2.22. The number of hydrogen-bond acceptors (Lipinski definition) is 6. The molecule has 1 unspecified atom stereocenters. The molecule has 0 aromatic carbocycles. The zero-order valence-corrected chi connectivity index (χ0v) is 24.3. The van der Waals surface area contributed by atoms with Crippen molar-refractivity contribution in [1.29, 1.82) is 0 Å². The maximum absolute atomic E-state index is 14.0. The van der Waals surface area contributed by atoms with Gasteiger partial charge >= 0.3 is 0 Å². The highest BCUT2D eigenvalue weighted by molar-refractivity contribution is 6.00. The summed E-state index contributed by atoms with van der Waals surface area (Å²) in [7, 11) is 0. The fourth-order valence-corrected chi connectivity index (χ4v) is 7.72. The molecule has 40 heavy (non-hydrogen) atoms. The van der Waals surface area contributed by atoms with Crippen LogP contribution in [0.4, 0.5) is 0 Å². The molecule has 5 rings (SSSR count). The molecular weight excluding hydrogens is 504 g/mol. The van der Waals surface area contributed by atoms with Crippen molar-refractivity contribution in [3.8, 4) is 0 Å². The summed E-state index contributed by atoms with van der Waals surface area (Å²) in [6.07, 6.45) is 20.3. The Morgan fingerprint density at radius 2 is 0.875 bits per heavy atom. The number of hydrogen-bond donors (Lipinski definition) is 2. The Labute approximate surface area is 240 Å². The van der Waals surface area contributed by atoms with Crippen LogP contribution < -0.4 is 10.6 Å². The number of carbonyl (C=O) groups is 4. The minimum absolute atomic E-state index is 0.0889. The van der Waals surface area contributed by atoms with Gasteiger partial charge in [-0.2, -0.15) is 0 Å². The standard InChI is InChI=1S/C32H50N4O4/c37-29(23-13-5-1-6-14-23)35(30(38)24-15-7-2-8-16-24)27-21-28(34-22-33-27)36(31(39)25-17-9-3-10-18-25)32(40)26-19-11-4-12-20-26/h21,23-27,33-34H,1-20,22H2. The van der Waals surface area contributed by atoms with Gasteiger partial charge in [-0.25, -0.2) is 4.90 Å². The van der Waals surface area contributed by atoms with Crippen LogP contribution in [0.2, 0.25) is 0 Å². The van der Waals surface area contributed by atoms with Crippen LogP contribution in [0.15, 0.2) is 11.9 Å². The van der Waals surface area contributed by atoms with Crippen molar-refractivity contribution >= 4 is 23.6 Å². The molecule has 4 aliphatic carbocycles. The van der Waals surface area contributed by atoms with Crippen LogP contribution in [0.1, 0.15) is 128 Å². The number of nitrogens with one attached hydrogen (secondary N) is 2. The number of amides is 4. The van der Waals surface area contributed by atoms with Gasteiger partial charge in [0.05, 0.1) is 6.67 Å². The average molecular weight is 555 g/mol. The maximum Gasteiger partial charge on any atom is 0.238 e. The van der Waals surface area contributed by atoms with Gasteiger partial charge in [-0.05, 0) is 57.4 Å². The van der Waals surface area contributed by atoms with E-state index in [4.69, 9.17) is 0 Å². The van der Waals surface area contributed by atoms with E-state index in [0.29, 0.717) is 5.82 Å². The summed E-state index contributed by atoms with van der Waals surface area (Å²) in [6.45, 7) is 0.287. The highest BCUT2D eigenvalue weighted by atomic mass is 16.2. The molecular formula is C32H50N4O4. The molecule has 0 bridgehead atoms. The van der Waals surface area contributed by atoms with Crippen molar-refractivity contribution in [2.24, 2.45) is 23.7 Å². The van der Waals surface area contributed by atoms with Crippen molar-refractivity contribution in [2.75, 3.05) is 6.67 Å². The molecule has 222 valence electrons. The first-order valence-electron chi connectivity index (χ1n) is 16.5. The zero-order valence-electron chi connectivity index (χ0n) is 24.3. The maximum atomic E-state index is 14.0. The SMILES string of the molecule is O=C(C1CCCCC1)N(C(=O)C1CCCCC1)C1=CC(N(C(=O)C2CCCCC2)C(=O)C2CCCCC2)NCN1. The van der Waals surface area contributed by atoms with Crippen molar-refractivity contribution in [3.63, 3.8) is 0 Å². The number of imide groups is 2. The van der Waals surface area contributed by atoms with Crippen molar-refractivity contribution < 1.29 is 19.2 Å². The van der Waals surface area contributed by atoms with Gasteiger partial charge in [-0.1, -0.05) is 77.0 Å². The van der Waals surface area contributed by atoms with Crippen LogP contribution in [0.3, 0.4) is 0 Å². The van der Waals surface area contributed by atoms with E-state index in [9.17, 15) is 19.2 Å². The molecule has 1 atom stereocenters. The molecule has 0 spiro atoms. The quantitative estimate of drug-likeness (QED) is 0.430. The van der Waals surface area contributed by atoms with Gasteiger partial charge in [0.25, 0.3) is 0 Å². The van der Waals surface area contributed by atoms with Crippen molar-refractivity contribution in [2.45, 2.75) is 135 Å². The van der Waals surface area contributed by atoms with Crippen LogP contribution in [-0.2, 0) is 19.2 Å². The molecule has 1 aliphatic heterocycles.